The van der Waals surface area contributed by atoms with Gasteiger partial charge in [-0.05, 0) is 45.6 Å². The fourth-order valence-corrected chi connectivity index (χ4v) is 11.6. The number of carbonyl (C=O) groups excluding carboxylic acids is 3. The minimum Gasteiger partial charge on any atom is -0.481 e. The van der Waals surface area contributed by atoms with Gasteiger partial charge in [0.15, 0.2) is 12.0 Å². The van der Waals surface area contributed by atoms with Crippen molar-refractivity contribution in [3.63, 3.8) is 0 Å². The fourth-order valence-electron chi connectivity index (χ4n) is 6.03. The SMILES string of the molecule is CCCCC(=O)C(CC(=O)O)NC(=O)C(N)CCC(C)(C)SSCCC(=O)NCC#Cc1cn(C2OC(COP(=O)(O)OP(=O)(O)OP(=O)(O)O)C(O)C2OC(C)N=[N+]=[N-])c2ncnc(N)c12. The van der Waals surface area contributed by atoms with Crippen molar-refractivity contribution in [1.29, 1.82) is 0 Å². The highest BCUT2D eigenvalue weighted by molar-refractivity contribution is 8.77. The molecule has 28 nitrogen and oxygen atoms in total. The van der Waals surface area contributed by atoms with Crippen molar-refractivity contribution in [3.05, 3.63) is 28.5 Å². The van der Waals surface area contributed by atoms with E-state index in [-0.39, 0.29) is 64.7 Å². The maximum absolute atomic E-state index is 12.7. The molecule has 1 saturated heterocycles. The zero-order valence-corrected chi connectivity index (χ0v) is 40.7. The number of unbranched alkanes of at least 4 members (excludes halogenated alkanes) is 1. The topological polar surface area (TPSA) is 443 Å². The van der Waals surface area contributed by atoms with Crippen molar-refractivity contribution in [2.24, 2.45) is 10.8 Å². The first-order valence-corrected chi connectivity index (χ1v) is 26.8. The summed E-state index contributed by atoms with van der Waals surface area (Å²) in [5, 5.41) is 29.2. The molecule has 3 heterocycles. The van der Waals surface area contributed by atoms with Crippen LogP contribution in [-0.2, 0) is 55.5 Å². The van der Waals surface area contributed by atoms with Crippen LogP contribution in [0.3, 0.4) is 0 Å². The predicted molar refractivity (Wildman–Crippen MR) is 240 cm³/mol. The largest absolute Gasteiger partial charge is 0.490 e. The molecule has 2 aromatic heterocycles. The van der Waals surface area contributed by atoms with Gasteiger partial charge in [-0.25, -0.2) is 23.7 Å². The number of hydrogen-bond donors (Lipinski definition) is 10. The van der Waals surface area contributed by atoms with E-state index in [0.717, 1.165) is 12.7 Å². The van der Waals surface area contributed by atoms with Crippen LogP contribution in [0.4, 0.5) is 5.82 Å². The Morgan fingerprint density at radius 3 is 2.48 bits per heavy atom. The lowest BCUT2D eigenvalue weighted by Crippen LogP contribution is -2.49. The van der Waals surface area contributed by atoms with Gasteiger partial charge in [-0.2, -0.15) is 8.62 Å². The van der Waals surface area contributed by atoms with Gasteiger partial charge >= 0.3 is 29.4 Å². The number of nitrogens with two attached hydrogens (primary N) is 2. The third-order valence-corrected chi connectivity index (χ3v) is 16.3. The number of amides is 2. The van der Waals surface area contributed by atoms with Crippen LogP contribution in [0.25, 0.3) is 21.5 Å². The Labute approximate surface area is 390 Å². The van der Waals surface area contributed by atoms with E-state index in [1.807, 2.05) is 20.8 Å². The first-order chi connectivity index (χ1) is 31.2. The van der Waals surface area contributed by atoms with Crippen LogP contribution >= 0.6 is 45.1 Å². The number of hydrogen-bond acceptors (Lipinski definition) is 20. The second-order valence-electron chi connectivity index (χ2n) is 15.1. The lowest BCUT2D eigenvalue weighted by molar-refractivity contribution is -0.140. The van der Waals surface area contributed by atoms with Gasteiger partial charge in [-0.1, -0.05) is 51.9 Å². The molecule has 0 aromatic carbocycles. The molecular weight excluding hydrogens is 993 g/mol. The van der Waals surface area contributed by atoms with Crippen LogP contribution < -0.4 is 22.1 Å². The molecule has 67 heavy (non-hydrogen) atoms. The molecule has 3 rings (SSSR count). The second-order valence-corrected chi connectivity index (χ2v) is 22.7. The molecule has 33 heteroatoms. The number of aromatic nitrogens is 3. The average molecular weight is 1050 g/mol. The van der Waals surface area contributed by atoms with E-state index >= 15 is 0 Å². The number of aliphatic hydroxyl groups excluding tert-OH is 1. The average Bonchev–Trinajstić information content (AvgIpc) is 3.73. The van der Waals surface area contributed by atoms with Crippen LogP contribution in [0.1, 0.15) is 84.4 Å². The molecule has 2 amide bonds. The molecule has 1 aliphatic rings. The van der Waals surface area contributed by atoms with Crippen LogP contribution in [0.2, 0.25) is 0 Å². The predicted octanol–water partition coefficient (Wildman–Crippen LogP) is 2.50. The first kappa shape index (κ1) is 57.6. The number of anilines is 1. The summed E-state index contributed by atoms with van der Waals surface area (Å²) in [5.74, 6) is 3.54. The van der Waals surface area contributed by atoms with Gasteiger partial charge in [0.2, 0.25) is 11.8 Å². The maximum Gasteiger partial charge on any atom is 0.490 e. The Morgan fingerprint density at radius 1 is 1.13 bits per heavy atom. The summed E-state index contributed by atoms with van der Waals surface area (Å²) in [6.07, 6.45) is -3.15. The van der Waals surface area contributed by atoms with Crippen LogP contribution in [0, 0.1) is 11.8 Å². The Balaban J connectivity index is 1.62. The van der Waals surface area contributed by atoms with Crippen molar-refractivity contribution in [2.45, 2.75) is 120 Å². The molecule has 0 radical (unpaired) electrons. The number of azide groups is 1. The van der Waals surface area contributed by atoms with Crippen molar-refractivity contribution >= 4 is 85.5 Å². The number of ketones is 1. The van der Waals surface area contributed by atoms with E-state index < -0.39 is 91.2 Å². The zero-order chi connectivity index (χ0) is 50.3. The molecule has 9 atom stereocenters. The van der Waals surface area contributed by atoms with Crippen molar-refractivity contribution in [1.82, 2.24) is 25.2 Å². The number of phosphoric ester groups is 1. The molecule has 1 fully saturated rings. The van der Waals surface area contributed by atoms with Gasteiger partial charge in [-0.15, -0.1) is 0 Å². The Hall–Kier alpha value is -3.68. The van der Waals surface area contributed by atoms with Crippen molar-refractivity contribution in [3.8, 4) is 11.8 Å². The number of carboxylic acids is 1. The number of nitrogens with zero attached hydrogens (tertiary/aromatic N) is 6. The van der Waals surface area contributed by atoms with Gasteiger partial charge < -0.3 is 65.9 Å². The minimum absolute atomic E-state index is 0.0406. The number of Topliss-reactive ketones (excluding diaryl/α,β-unsaturated/α-hetero) is 1. The van der Waals surface area contributed by atoms with Gasteiger partial charge in [-0.3, -0.25) is 23.7 Å². The quantitative estimate of drug-likeness (QED) is 0.0111. The summed E-state index contributed by atoms with van der Waals surface area (Å²) >= 11 is 0. The number of carboxylic acid groups (broad SMARTS) is 1. The number of fused-ring (bicyclic) bond motifs is 1. The molecule has 0 saturated carbocycles. The lowest BCUT2D eigenvalue weighted by Gasteiger charge is -2.25. The summed E-state index contributed by atoms with van der Waals surface area (Å²) in [7, 11) is -14.3. The van der Waals surface area contributed by atoms with E-state index in [1.54, 1.807) is 0 Å². The number of ether oxygens (including phenoxy) is 2. The Morgan fingerprint density at radius 2 is 1.84 bits per heavy atom. The standard InChI is InChI=1S/C34H53N10O18P3S2/c1-5-6-9-23(45)22(15-26(47)48)41-32(50)21(35)10-12-34(3,4)67-66-14-11-25(46)38-13-7-8-20-16-44(31-27(20)30(36)39-18-40-31)33-29(59-19(2)42-43-37)28(49)24(60-33)17-58-64(54,55)62-65(56,57)61-63(51,52)53/h16,18-19,21-22,24,28-29,33,49H,5-6,9-15,17,35H2,1-4H3,(H,38,46)(H,41,50)(H,47,48)(H,54,55)(H,56,57)(H2,36,39,40)(H2,51,52,53). The lowest BCUT2D eigenvalue weighted by atomic mass is 10.0. The summed E-state index contributed by atoms with van der Waals surface area (Å²) in [5.41, 5.74) is 21.5. The molecule has 1 aliphatic heterocycles. The monoisotopic (exact) mass is 1050 g/mol. The van der Waals surface area contributed by atoms with Crippen LogP contribution in [-0.4, -0.2) is 128 Å². The minimum atomic E-state index is -5.86. The number of aliphatic hydroxyl groups is 1. The van der Waals surface area contributed by atoms with E-state index in [9.17, 15) is 52.9 Å². The van der Waals surface area contributed by atoms with Gasteiger partial charge in [0.25, 0.3) is 0 Å². The fraction of sp³-hybridized carbons (Fsp3) is 0.647. The molecule has 0 bridgehead atoms. The van der Waals surface area contributed by atoms with Crippen molar-refractivity contribution < 1.29 is 85.3 Å². The number of nitrogen functional groups attached to an aromatic ring is 1. The molecule has 2 aromatic rings. The summed E-state index contributed by atoms with van der Waals surface area (Å²) in [6, 6.07) is -2.13. The van der Waals surface area contributed by atoms with Gasteiger partial charge in [0.1, 0.15) is 42.3 Å². The van der Waals surface area contributed by atoms with Crippen molar-refractivity contribution in [2.75, 3.05) is 24.6 Å². The second kappa shape index (κ2) is 25.8. The van der Waals surface area contributed by atoms with E-state index in [0.29, 0.717) is 18.6 Å². The Kier molecular flexibility index (Phi) is 22.2. The molecule has 0 spiro atoms. The van der Waals surface area contributed by atoms with E-state index in [2.05, 4.69) is 55.6 Å². The highest BCUT2D eigenvalue weighted by atomic mass is 33.1. The van der Waals surface area contributed by atoms with E-state index in [1.165, 1.54) is 39.3 Å². The normalized spacial score (nSPS) is 20.6. The molecular formula is C34H53N10O18P3S2. The molecule has 374 valence electrons. The van der Waals surface area contributed by atoms with Gasteiger partial charge in [0, 0.05) is 34.5 Å². The highest BCUT2D eigenvalue weighted by Crippen LogP contribution is 2.66. The number of carbonyl (C=O) groups is 4. The molecule has 9 unspecified atom stereocenters. The van der Waals surface area contributed by atoms with Gasteiger partial charge in [0.05, 0.1) is 42.6 Å². The number of aliphatic carboxylic acids is 1. The van der Waals surface area contributed by atoms with Crippen LogP contribution in [0.15, 0.2) is 17.6 Å². The summed E-state index contributed by atoms with van der Waals surface area (Å²) in [4.78, 5) is 97.0. The number of rotatable bonds is 28. The third-order valence-electron chi connectivity index (χ3n) is 9.16. The van der Waals surface area contributed by atoms with Crippen LogP contribution in [0.5, 0.6) is 0 Å². The smallest absolute Gasteiger partial charge is 0.481 e. The maximum atomic E-state index is 12.7. The number of nitrogens with one attached hydrogen (secondary N) is 2. The summed E-state index contributed by atoms with van der Waals surface area (Å²) in [6.45, 7) is 5.92. The number of phosphoric acid groups is 3. The molecule has 0 aliphatic carbocycles. The molecule has 12 N–H and O–H groups in total. The van der Waals surface area contributed by atoms with E-state index in [4.69, 9.17) is 36.3 Å². The Bertz CT molecular complexity index is 2340. The third kappa shape index (κ3) is 19.3. The highest BCUT2D eigenvalue weighted by Gasteiger charge is 2.49. The zero-order valence-electron chi connectivity index (χ0n) is 36.3. The first-order valence-electron chi connectivity index (χ1n) is 20.0. The summed E-state index contributed by atoms with van der Waals surface area (Å²) < 4.78 is 59.8.